The summed E-state index contributed by atoms with van der Waals surface area (Å²) in [5, 5.41) is 0. The van der Waals surface area contributed by atoms with E-state index in [0.29, 0.717) is 6.42 Å². The fourth-order valence-corrected chi connectivity index (χ4v) is 2.14. The zero-order valence-electron chi connectivity index (χ0n) is 15.5. The maximum atomic E-state index is 11.2. The minimum Gasteiger partial charge on any atom is -0.463 e. The van der Waals surface area contributed by atoms with E-state index in [-0.39, 0.29) is 12.7 Å². The summed E-state index contributed by atoms with van der Waals surface area (Å²) in [5.74, 6) is -1.44. The summed E-state index contributed by atoms with van der Waals surface area (Å²) < 4.78 is 20.9. The van der Waals surface area contributed by atoms with E-state index in [4.69, 9.17) is 18.9 Å². The number of esters is 3. The molecule has 24 heavy (non-hydrogen) atoms. The Morgan fingerprint density at radius 2 is 1.50 bits per heavy atom. The average Bonchev–Trinajstić information content (AvgIpc) is 2.51. The van der Waals surface area contributed by atoms with Crippen molar-refractivity contribution in [1.29, 1.82) is 0 Å². The van der Waals surface area contributed by atoms with Crippen molar-refractivity contribution in [2.45, 2.75) is 72.4 Å². The second kappa shape index (κ2) is 13.5. The van der Waals surface area contributed by atoms with Crippen LogP contribution >= 0.6 is 0 Å². The first kappa shape index (κ1) is 24.4. The summed E-state index contributed by atoms with van der Waals surface area (Å²) in [5.41, 5.74) is 0. The number of carbonyl (C=O) groups is 3. The summed E-state index contributed by atoms with van der Waals surface area (Å²) in [6, 6.07) is 0. The fourth-order valence-electron chi connectivity index (χ4n) is 2.14. The van der Waals surface area contributed by atoms with E-state index in [0.717, 1.165) is 0 Å². The van der Waals surface area contributed by atoms with Crippen molar-refractivity contribution >= 4 is 17.9 Å². The molecule has 4 atom stereocenters. The molecule has 3 unspecified atom stereocenters. The Labute approximate surface area is 144 Å². The molecule has 0 amide bonds. The third kappa shape index (κ3) is 9.99. The lowest BCUT2D eigenvalue weighted by Crippen LogP contribution is -2.53. The molecule has 0 N–H and O–H groups in total. The van der Waals surface area contributed by atoms with E-state index in [2.05, 4.69) is 13.2 Å². The van der Waals surface area contributed by atoms with Crippen LogP contribution in [0.3, 0.4) is 0 Å². The van der Waals surface area contributed by atoms with Crippen LogP contribution in [0.1, 0.15) is 48.0 Å². The predicted molar refractivity (Wildman–Crippen MR) is 89.3 cm³/mol. The summed E-state index contributed by atoms with van der Waals surface area (Å²) in [7, 11) is 0. The molecule has 0 aromatic carbocycles. The van der Waals surface area contributed by atoms with E-state index >= 15 is 0 Å². The Morgan fingerprint density at radius 3 is 1.92 bits per heavy atom. The van der Waals surface area contributed by atoms with Crippen molar-refractivity contribution in [3.63, 3.8) is 0 Å². The van der Waals surface area contributed by atoms with Gasteiger partial charge in [-0.3, -0.25) is 14.4 Å². The highest BCUT2D eigenvalue weighted by molar-refractivity contribution is 5.67. The van der Waals surface area contributed by atoms with Gasteiger partial charge in [0, 0.05) is 27.2 Å². The lowest BCUT2D eigenvalue weighted by molar-refractivity contribution is -0.212. The van der Waals surface area contributed by atoms with Crippen LogP contribution in [-0.2, 0) is 33.3 Å². The summed E-state index contributed by atoms with van der Waals surface area (Å²) >= 11 is 0. The van der Waals surface area contributed by atoms with Gasteiger partial charge in [-0.1, -0.05) is 13.8 Å². The van der Waals surface area contributed by atoms with E-state index in [1.54, 1.807) is 6.92 Å². The molecule has 1 rings (SSSR count). The molecule has 0 saturated carbocycles. The number of carbonyl (C=O) groups excluding carboxylic acids is 3. The summed E-state index contributed by atoms with van der Waals surface area (Å²) in [6.07, 6.45) is -1.84. The maximum absolute atomic E-state index is 11.2. The van der Waals surface area contributed by atoms with Gasteiger partial charge in [-0.25, -0.2) is 0 Å². The number of rotatable bonds is 4. The Hall–Kier alpha value is -1.89. The third-order valence-electron chi connectivity index (χ3n) is 2.77. The maximum Gasteiger partial charge on any atom is 0.303 e. The SMILES string of the molecule is C=C.CC.CC(=O)OCC1OC(C)CC(OC(C)=O)[C@@H]1OC(C)=O. The molecular weight excluding hydrogens is 316 g/mol. The van der Waals surface area contributed by atoms with Gasteiger partial charge in [-0.2, -0.15) is 0 Å². The smallest absolute Gasteiger partial charge is 0.303 e. The van der Waals surface area contributed by atoms with Crippen LogP contribution < -0.4 is 0 Å². The first-order chi connectivity index (χ1) is 11.3. The van der Waals surface area contributed by atoms with Crippen molar-refractivity contribution in [3.8, 4) is 0 Å². The average molecular weight is 346 g/mol. The lowest BCUT2D eigenvalue weighted by Gasteiger charge is -2.39. The summed E-state index contributed by atoms with van der Waals surface area (Å²) in [6.45, 7) is 15.6. The number of ether oxygens (including phenoxy) is 4. The molecule has 7 nitrogen and oxygen atoms in total. The van der Waals surface area contributed by atoms with Gasteiger partial charge in [0.05, 0.1) is 6.10 Å². The highest BCUT2D eigenvalue weighted by atomic mass is 16.6. The standard InChI is InChI=1S/C13H20O7.C2H6.C2H4/c1-7-5-11(19-9(3)15)13(20-10(4)16)12(18-7)6-17-8(2)14;2*1-2/h7,11-13H,5-6H2,1-4H3;1-2H3;1-2H2/t7?,11?,12?,13-;;/m0../s1. The quantitative estimate of drug-likeness (QED) is 0.439. The molecule has 0 aliphatic carbocycles. The predicted octanol–water partition coefficient (Wildman–Crippen LogP) is 2.42. The molecule has 1 aliphatic rings. The topological polar surface area (TPSA) is 88.1 Å². The number of hydrogen-bond donors (Lipinski definition) is 0. The Balaban J connectivity index is 0. The molecule has 140 valence electrons. The van der Waals surface area contributed by atoms with Crippen molar-refractivity contribution in [1.82, 2.24) is 0 Å². The zero-order chi connectivity index (χ0) is 19.3. The second-order valence-corrected chi connectivity index (χ2v) is 4.75. The normalized spacial score (nSPS) is 24.9. The minimum atomic E-state index is -0.785. The first-order valence-corrected chi connectivity index (χ1v) is 7.92. The molecule has 0 radical (unpaired) electrons. The van der Waals surface area contributed by atoms with E-state index in [1.807, 2.05) is 13.8 Å². The van der Waals surface area contributed by atoms with Crippen LogP contribution in [0.2, 0.25) is 0 Å². The molecule has 1 heterocycles. The molecular formula is C17H30O7. The van der Waals surface area contributed by atoms with Crippen LogP contribution in [0.15, 0.2) is 13.2 Å². The van der Waals surface area contributed by atoms with Crippen molar-refractivity contribution in [2.75, 3.05) is 6.61 Å². The van der Waals surface area contributed by atoms with Crippen LogP contribution in [0.25, 0.3) is 0 Å². The van der Waals surface area contributed by atoms with Gasteiger partial charge in [0.15, 0.2) is 6.10 Å². The van der Waals surface area contributed by atoms with Crippen molar-refractivity contribution < 1.29 is 33.3 Å². The molecule has 0 aromatic heterocycles. The van der Waals surface area contributed by atoms with E-state index in [1.165, 1.54) is 20.8 Å². The van der Waals surface area contributed by atoms with Gasteiger partial charge in [-0.05, 0) is 6.92 Å². The summed E-state index contributed by atoms with van der Waals surface area (Å²) in [4.78, 5) is 33.2. The highest BCUT2D eigenvalue weighted by Gasteiger charge is 2.42. The highest BCUT2D eigenvalue weighted by Crippen LogP contribution is 2.26. The van der Waals surface area contributed by atoms with Gasteiger partial charge in [-0.15, -0.1) is 13.2 Å². The van der Waals surface area contributed by atoms with E-state index in [9.17, 15) is 14.4 Å². The molecule has 0 spiro atoms. The van der Waals surface area contributed by atoms with Crippen molar-refractivity contribution in [3.05, 3.63) is 13.2 Å². The largest absolute Gasteiger partial charge is 0.463 e. The molecule has 0 bridgehead atoms. The van der Waals surface area contributed by atoms with Gasteiger partial charge < -0.3 is 18.9 Å². The Morgan fingerprint density at radius 1 is 1.00 bits per heavy atom. The molecule has 0 aromatic rings. The molecule has 1 aliphatic heterocycles. The van der Waals surface area contributed by atoms with Crippen LogP contribution in [0.5, 0.6) is 0 Å². The zero-order valence-corrected chi connectivity index (χ0v) is 15.5. The fraction of sp³-hybridized carbons (Fsp3) is 0.706. The van der Waals surface area contributed by atoms with Gasteiger partial charge in [0.1, 0.15) is 18.8 Å². The third-order valence-corrected chi connectivity index (χ3v) is 2.77. The van der Waals surface area contributed by atoms with Gasteiger partial charge in [0.25, 0.3) is 0 Å². The second-order valence-electron chi connectivity index (χ2n) is 4.75. The number of hydrogen-bond acceptors (Lipinski definition) is 7. The van der Waals surface area contributed by atoms with Crippen LogP contribution in [-0.4, -0.2) is 48.9 Å². The van der Waals surface area contributed by atoms with Gasteiger partial charge in [0.2, 0.25) is 0 Å². The lowest BCUT2D eigenvalue weighted by atomic mass is 9.98. The minimum absolute atomic E-state index is 0.0601. The monoisotopic (exact) mass is 346 g/mol. The molecule has 1 fully saturated rings. The van der Waals surface area contributed by atoms with Crippen molar-refractivity contribution in [2.24, 2.45) is 0 Å². The Bertz CT molecular complexity index is 394. The molecule has 7 heteroatoms. The Kier molecular flexibility index (Phi) is 13.7. The first-order valence-electron chi connectivity index (χ1n) is 7.92. The van der Waals surface area contributed by atoms with Gasteiger partial charge >= 0.3 is 17.9 Å². The van der Waals surface area contributed by atoms with Crippen LogP contribution in [0.4, 0.5) is 0 Å². The molecule has 1 saturated heterocycles. The van der Waals surface area contributed by atoms with E-state index < -0.39 is 36.2 Å². The van der Waals surface area contributed by atoms with Crippen LogP contribution in [0, 0.1) is 0 Å².